The molecule has 7 heteroatoms. The molecule has 3 aromatic rings. The molecular weight excluding hydrogens is 344 g/mol. The summed E-state index contributed by atoms with van der Waals surface area (Å²) in [5, 5.41) is 12.2. The number of carbonyl (C=O) groups is 1. The van der Waals surface area contributed by atoms with Crippen LogP contribution in [0.5, 0.6) is 5.75 Å². The van der Waals surface area contributed by atoms with Gasteiger partial charge in [-0.15, -0.1) is 0 Å². The second kappa shape index (κ2) is 6.57. The number of Topliss-reactive ketones (excluding diaryl/α,β-unsaturated/α-hetero) is 1. The molecule has 128 valence electrons. The molecule has 0 unspecified atom stereocenters. The van der Waals surface area contributed by atoms with Gasteiger partial charge in [0, 0.05) is 33.2 Å². The molecular formula is C18H15ClN2O4. The Morgan fingerprint density at radius 3 is 2.72 bits per heavy atom. The van der Waals surface area contributed by atoms with E-state index < -0.39 is 11.0 Å². The summed E-state index contributed by atoms with van der Waals surface area (Å²) >= 11 is 5.80. The number of ether oxygens (including phenoxy) is 1. The second-order valence-corrected chi connectivity index (χ2v) is 6.10. The molecule has 0 spiro atoms. The summed E-state index contributed by atoms with van der Waals surface area (Å²) in [6.45, 7) is 3.38. The molecule has 0 aliphatic carbocycles. The van der Waals surface area contributed by atoms with Crippen LogP contribution < -0.4 is 4.74 Å². The molecule has 0 bridgehead atoms. The number of rotatable bonds is 5. The Hall–Kier alpha value is -2.86. The number of ketones is 1. The van der Waals surface area contributed by atoms with Crippen molar-refractivity contribution < 1.29 is 14.5 Å². The van der Waals surface area contributed by atoms with E-state index in [2.05, 4.69) is 4.98 Å². The second-order valence-electron chi connectivity index (χ2n) is 5.66. The van der Waals surface area contributed by atoms with Crippen LogP contribution in [0, 0.1) is 17.0 Å². The summed E-state index contributed by atoms with van der Waals surface area (Å²) in [5.41, 5.74) is 1.84. The SMILES string of the molecule is Cc1[nH]c2ccccc2c1C(=O)[C@@H](C)Oc1ccc(Cl)cc1[N+](=O)[O-]. The number of hydrogen-bond donors (Lipinski definition) is 1. The standard InChI is InChI=1S/C18H15ClN2O4/c1-10-17(13-5-3-4-6-14(13)20-10)18(22)11(2)25-16-8-7-12(19)9-15(16)21(23)24/h3-9,11,20H,1-2H3/t11-/m1/s1. The fourth-order valence-electron chi connectivity index (χ4n) is 2.77. The minimum atomic E-state index is -0.891. The number of hydrogen-bond acceptors (Lipinski definition) is 4. The molecule has 1 aromatic heterocycles. The zero-order valence-corrected chi connectivity index (χ0v) is 14.3. The van der Waals surface area contributed by atoms with Crippen molar-refractivity contribution in [3.8, 4) is 5.75 Å². The Balaban J connectivity index is 1.94. The van der Waals surface area contributed by atoms with Crippen LogP contribution in [-0.4, -0.2) is 21.8 Å². The van der Waals surface area contributed by atoms with Gasteiger partial charge in [0.15, 0.2) is 11.9 Å². The maximum absolute atomic E-state index is 12.9. The van der Waals surface area contributed by atoms with Crippen LogP contribution in [0.3, 0.4) is 0 Å². The molecule has 1 atom stereocenters. The Morgan fingerprint density at radius 1 is 1.28 bits per heavy atom. The summed E-state index contributed by atoms with van der Waals surface area (Å²) in [5.74, 6) is -0.244. The third kappa shape index (κ3) is 3.21. The molecule has 3 rings (SSSR count). The smallest absolute Gasteiger partial charge is 0.312 e. The predicted molar refractivity (Wildman–Crippen MR) is 95.6 cm³/mol. The largest absolute Gasteiger partial charge is 0.475 e. The average molecular weight is 359 g/mol. The minimum absolute atomic E-state index is 0.00717. The van der Waals surface area contributed by atoms with E-state index in [0.29, 0.717) is 5.56 Å². The van der Waals surface area contributed by atoms with Crippen molar-refractivity contribution in [3.05, 3.63) is 68.9 Å². The highest BCUT2D eigenvalue weighted by Crippen LogP contribution is 2.32. The van der Waals surface area contributed by atoms with E-state index in [1.54, 1.807) is 6.92 Å². The molecule has 0 fully saturated rings. The highest BCUT2D eigenvalue weighted by Gasteiger charge is 2.25. The normalized spacial score (nSPS) is 12.1. The lowest BCUT2D eigenvalue weighted by Crippen LogP contribution is -2.24. The number of aromatic amines is 1. The minimum Gasteiger partial charge on any atom is -0.475 e. The van der Waals surface area contributed by atoms with E-state index in [9.17, 15) is 14.9 Å². The van der Waals surface area contributed by atoms with Gasteiger partial charge in [0.1, 0.15) is 0 Å². The van der Waals surface area contributed by atoms with Crippen molar-refractivity contribution in [1.82, 2.24) is 4.98 Å². The summed E-state index contributed by atoms with van der Waals surface area (Å²) < 4.78 is 5.59. The van der Waals surface area contributed by atoms with E-state index in [-0.39, 0.29) is 22.2 Å². The molecule has 0 aliphatic heterocycles. The zero-order valence-electron chi connectivity index (χ0n) is 13.6. The number of benzene rings is 2. The van der Waals surface area contributed by atoms with Gasteiger partial charge in [-0.3, -0.25) is 14.9 Å². The lowest BCUT2D eigenvalue weighted by atomic mass is 10.0. The van der Waals surface area contributed by atoms with Crippen LogP contribution in [0.25, 0.3) is 10.9 Å². The highest BCUT2D eigenvalue weighted by atomic mass is 35.5. The number of halogens is 1. The van der Waals surface area contributed by atoms with Crippen LogP contribution in [0.4, 0.5) is 5.69 Å². The van der Waals surface area contributed by atoms with Crippen molar-refractivity contribution in [3.63, 3.8) is 0 Å². The van der Waals surface area contributed by atoms with E-state index in [4.69, 9.17) is 16.3 Å². The number of carbonyl (C=O) groups excluding carboxylic acids is 1. The lowest BCUT2D eigenvalue weighted by Gasteiger charge is -2.14. The van der Waals surface area contributed by atoms with E-state index in [0.717, 1.165) is 16.6 Å². The van der Waals surface area contributed by atoms with E-state index in [1.165, 1.54) is 18.2 Å². The number of aromatic nitrogens is 1. The summed E-state index contributed by atoms with van der Waals surface area (Å²) in [6.07, 6.45) is -0.891. The number of aryl methyl sites for hydroxylation is 1. The lowest BCUT2D eigenvalue weighted by molar-refractivity contribution is -0.386. The Morgan fingerprint density at radius 2 is 2.00 bits per heavy atom. The van der Waals surface area contributed by atoms with Crippen LogP contribution in [0.15, 0.2) is 42.5 Å². The molecule has 0 saturated heterocycles. The van der Waals surface area contributed by atoms with Gasteiger partial charge in [-0.1, -0.05) is 29.8 Å². The Kier molecular flexibility index (Phi) is 4.46. The van der Waals surface area contributed by atoms with Crippen molar-refractivity contribution in [2.45, 2.75) is 20.0 Å². The molecule has 1 N–H and O–H groups in total. The predicted octanol–water partition coefficient (Wildman–Crippen LogP) is 4.69. The first-order chi connectivity index (χ1) is 11.9. The Labute approximate surface area is 148 Å². The molecule has 6 nitrogen and oxygen atoms in total. The maximum Gasteiger partial charge on any atom is 0.312 e. The maximum atomic E-state index is 12.9. The number of nitrogens with one attached hydrogen (secondary N) is 1. The van der Waals surface area contributed by atoms with E-state index in [1.807, 2.05) is 31.2 Å². The van der Waals surface area contributed by atoms with Gasteiger partial charge in [0.25, 0.3) is 0 Å². The first-order valence-corrected chi connectivity index (χ1v) is 7.98. The molecule has 0 amide bonds. The monoisotopic (exact) mass is 358 g/mol. The van der Waals surface area contributed by atoms with Crippen molar-refractivity contribution in [2.75, 3.05) is 0 Å². The highest BCUT2D eigenvalue weighted by molar-refractivity contribution is 6.30. The number of nitrogens with zero attached hydrogens (tertiary/aromatic N) is 1. The fourth-order valence-corrected chi connectivity index (χ4v) is 2.94. The zero-order chi connectivity index (χ0) is 18.1. The Bertz CT molecular complexity index is 980. The third-order valence-corrected chi connectivity index (χ3v) is 4.17. The summed E-state index contributed by atoms with van der Waals surface area (Å²) in [6, 6.07) is 11.5. The van der Waals surface area contributed by atoms with Gasteiger partial charge in [0.05, 0.1) is 4.92 Å². The van der Waals surface area contributed by atoms with Crippen molar-refractivity contribution in [1.29, 1.82) is 0 Å². The first kappa shape index (κ1) is 17.0. The van der Waals surface area contributed by atoms with Crippen LogP contribution >= 0.6 is 11.6 Å². The van der Waals surface area contributed by atoms with Crippen LogP contribution in [0.2, 0.25) is 5.02 Å². The first-order valence-electron chi connectivity index (χ1n) is 7.60. The topological polar surface area (TPSA) is 85.2 Å². The van der Waals surface area contributed by atoms with Crippen molar-refractivity contribution in [2.24, 2.45) is 0 Å². The quantitative estimate of drug-likeness (QED) is 0.407. The van der Waals surface area contributed by atoms with Gasteiger partial charge in [0.2, 0.25) is 5.78 Å². The molecule has 1 heterocycles. The fraction of sp³-hybridized carbons (Fsp3) is 0.167. The van der Waals surface area contributed by atoms with Gasteiger partial charge in [-0.2, -0.15) is 0 Å². The van der Waals surface area contributed by atoms with Crippen LogP contribution in [-0.2, 0) is 0 Å². The van der Waals surface area contributed by atoms with Crippen molar-refractivity contribution >= 4 is 34.0 Å². The average Bonchev–Trinajstić information content (AvgIpc) is 2.91. The van der Waals surface area contributed by atoms with Gasteiger partial charge < -0.3 is 9.72 Å². The van der Waals surface area contributed by atoms with E-state index >= 15 is 0 Å². The van der Waals surface area contributed by atoms with Crippen LogP contribution in [0.1, 0.15) is 23.0 Å². The van der Waals surface area contributed by atoms with Gasteiger partial charge in [-0.05, 0) is 32.0 Å². The number of nitro benzene ring substituents is 1. The molecule has 0 saturated carbocycles. The van der Waals surface area contributed by atoms with Gasteiger partial charge >= 0.3 is 5.69 Å². The molecule has 0 radical (unpaired) electrons. The summed E-state index contributed by atoms with van der Waals surface area (Å²) in [4.78, 5) is 26.6. The number of para-hydroxylation sites is 1. The van der Waals surface area contributed by atoms with Gasteiger partial charge in [-0.25, -0.2) is 0 Å². The third-order valence-electron chi connectivity index (χ3n) is 3.93. The number of nitro groups is 1. The molecule has 2 aromatic carbocycles. The number of fused-ring (bicyclic) bond motifs is 1. The molecule has 25 heavy (non-hydrogen) atoms. The summed E-state index contributed by atoms with van der Waals surface area (Å²) in [7, 11) is 0. The number of H-pyrrole nitrogens is 1. The molecule has 0 aliphatic rings.